The molecular formula is C17H24INO3. The molecule has 1 aliphatic carbocycles. The Hall–Kier alpha value is -0.980. The number of nitrogens with one attached hydrogen (secondary N) is 1. The number of methoxy groups -OCH3 is 2. The lowest BCUT2D eigenvalue weighted by Crippen LogP contribution is -2.43. The van der Waals surface area contributed by atoms with Crippen LogP contribution in [-0.2, 0) is 0 Å². The molecule has 0 heterocycles. The van der Waals surface area contributed by atoms with Crippen LogP contribution in [0.1, 0.15) is 43.5 Å². The Balaban J connectivity index is 2.19. The summed E-state index contributed by atoms with van der Waals surface area (Å²) in [6.45, 7) is 4.50. The van der Waals surface area contributed by atoms with Gasteiger partial charge in [-0.15, -0.1) is 0 Å². The molecule has 22 heavy (non-hydrogen) atoms. The van der Waals surface area contributed by atoms with Crippen LogP contribution < -0.4 is 14.8 Å². The first kappa shape index (κ1) is 17.4. The Morgan fingerprint density at radius 1 is 1.18 bits per heavy atom. The second kappa shape index (κ2) is 7.53. The van der Waals surface area contributed by atoms with Crippen LogP contribution >= 0.6 is 22.6 Å². The predicted octanol–water partition coefficient (Wildman–Crippen LogP) is 3.86. The summed E-state index contributed by atoms with van der Waals surface area (Å²) in [6, 6.07) is 3.84. The fourth-order valence-corrected chi connectivity index (χ4v) is 3.74. The number of carbonyl (C=O) groups is 1. The minimum Gasteiger partial charge on any atom is -0.493 e. The fourth-order valence-electron chi connectivity index (χ4n) is 3.06. The summed E-state index contributed by atoms with van der Waals surface area (Å²) in [5, 5.41) is 3.20. The topological polar surface area (TPSA) is 47.6 Å². The molecule has 0 saturated heterocycles. The average Bonchev–Trinajstić information content (AvgIpc) is 2.51. The van der Waals surface area contributed by atoms with Crippen molar-refractivity contribution in [2.24, 2.45) is 11.8 Å². The van der Waals surface area contributed by atoms with E-state index in [9.17, 15) is 4.79 Å². The Kier molecular flexibility index (Phi) is 5.94. The number of hydrogen-bond donors (Lipinski definition) is 1. The lowest BCUT2D eigenvalue weighted by Gasteiger charge is -2.34. The van der Waals surface area contributed by atoms with Crippen LogP contribution in [0, 0.1) is 15.4 Å². The van der Waals surface area contributed by atoms with E-state index in [1.165, 1.54) is 12.8 Å². The first-order valence-electron chi connectivity index (χ1n) is 7.70. The number of benzene rings is 1. The quantitative estimate of drug-likeness (QED) is 0.757. The molecule has 1 amide bonds. The van der Waals surface area contributed by atoms with Gasteiger partial charge in [0.25, 0.3) is 5.91 Å². The van der Waals surface area contributed by atoms with Crippen molar-refractivity contribution in [3.63, 3.8) is 0 Å². The average molecular weight is 417 g/mol. The van der Waals surface area contributed by atoms with Gasteiger partial charge in [0.05, 0.1) is 19.8 Å². The van der Waals surface area contributed by atoms with Gasteiger partial charge in [-0.25, -0.2) is 0 Å². The Labute approximate surface area is 146 Å². The summed E-state index contributed by atoms with van der Waals surface area (Å²) in [4.78, 5) is 12.6. The summed E-state index contributed by atoms with van der Waals surface area (Å²) in [5.41, 5.74) is 0.642. The molecule has 1 saturated carbocycles. The zero-order valence-corrected chi connectivity index (χ0v) is 15.8. The number of hydrogen-bond acceptors (Lipinski definition) is 3. The minimum absolute atomic E-state index is 0.0312. The van der Waals surface area contributed by atoms with Crippen LogP contribution in [-0.4, -0.2) is 26.2 Å². The van der Waals surface area contributed by atoms with E-state index in [1.807, 2.05) is 6.07 Å². The molecule has 5 heteroatoms. The third-order valence-corrected chi connectivity index (χ3v) is 5.63. The molecular weight excluding hydrogens is 393 g/mol. The van der Waals surface area contributed by atoms with Crippen LogP contribution in [0.3, 0.4) is 0 Å². The highest BCUT2D eigenvalue weighted by Gasteiger charge is 2.29. The van der Waals surface area contributed by atoms with Crippen LogP contribution in [0.25, 0.3) is 0 Å². The van der Waals surface area contributed by atoms with Crippen LogP contribution in [0.5, 0.6) is 11.5 Å². The van der Waals surface area contributed by atoms with Crippen molar-refractivity contribution < 1.29 is 14.3 Å². The van der Waals surface area contributed by atoms with Gasteiger partial charge in [0.2, 0.25) is 0 Å². The Bertz CT molecular complexity index is 547. The van der Waals surface area contributed by atoms with Crippen molar-refractivity contribution in [1.82, 2.24) is 5.32 Å². The molecule has 1 aliphatic rings. The molecule has 122 valence electrons. The maximum absolute atomic E-state index is 12.6. The monoisotopic (exact) mass is 417 g/mol. The molecule has 4 nitrogen and oxygen atoms in total. The molecule has 2 rings (SSSR count). The minimum atomic E-state index is -0.0312. The lowest BCUT2D eigenvalue weighted by molar-refractivity contribution is 0.0889. The highest BCUT2D eigenvalue weighted by molar-refractivity contribution is 14.1. The summed E-state index contributed by atoms with van der Waals surface area (Å²) < 4.78 is 11.4. The third-order valence-electron chi connectivity index (χ3n) is 4.74. The van der Waals surface area contributed by atoms with Gasteiger partial charge in [0.1, 0.15) is 0 Å². The van der Waals surface area contributed by atoms with Crippen molar-refractivity contribution >= 4 is 28.5 Å². The molecule has 3 unspecified atom stereocenters. The zero-order chi connectivity index (χ0) is 16.3. The summed E-state index contributed by atoms with van der Waals surface area (Å²) >= 11 is 2.16. The predicted molar refractivity (Wildman–Crippen MR) is 95.7 cm³/mol. The summed E-state index contributed by atoms with van der Waals surface area (Å²) in [5.74, 6) is 2.36. The number of amides is 1. The first-order valence-corrected chi connectivity index (χ1v) is 8.78. The van der Waals surface area contributed by atoms with Gasteiger partial charge in [0, 0.05) is 9.61 Å². The van der Waals surface area contributed by atoms with Crippen molar-refractivity contribution in [2.45, 2.75) is 39.2 Å². The van der Waals surface area contributed by atoms with Crippen molar-refractivity contribution in [1.29, 1.82) is 0 Å². The van der Waals surface area contributed by atoms with Crippen LogP contribution in [0.4, 0.5) is 0 Å². The first-order chi connectivity index (χ1) is 10.5. The molecule has 0 aromatic heterocycles. The largest absolute Gasteiger partial charge is 0.493 e. The Morgan fingerprint density at radius 2 is 1.82 bits per heavy atom. The lowest BCUT2D eigenvalue weighted by atomic mass is 9.78. The van der Waals surface area contributed by atoms with E-state index < -0.39 is 0 Å². The van der Waals surface area contributed by atoms with Gasteiger partial charge >= 0.3 is 0 Å². The van der Waals surface area contributed by atoms with Crippen LogP contribution in [0.2, 0.25) is 0 Å². The molecule has 1 N–H and O–H groups in total. The van der Waals surface area contributed by atoms with E-state index in [2.05, 4.69) is 41.8 Å². The fraction of sp³-hybridized carbons (Fsp3) is 0.588. The molecule has 1 aromatic carbocycles. The second-order valence-corrected chi connectivity index (χ2v) is 7.20. The molecule has 0 aliphatic heterocycles. The standard InChI is InChI=1S/C17H24INO3/c1-10-6-5-7-14(11(10)2)19-17(20)12-8-15(21-3)16(22-4)9-13(12)18/h8-11,14H,5-7H2,1-4H3,(H,19,20). The number of ether oxygens (including phenoxy) is 2. The van der Waals surface area contributed by atoms with E-state index in [0.29, 0.717) is 28.9 Å². The van der Waals surface area contributed by atoms with E-state index in [-0.39, 0.29) is 11.9 Å². The Morgan fingerprint density at radius 3 is 2.45 bits per heavy atom. The third kappa shape index (κ3) is 3.67. The summed E-state index contributed by atoms with van der Waals surface area (Å²) in [6.07, 6.45) is 3.49. The van der Waals surface area contributed by atoms with E-state index >= 15 is 0 Å². The van der Waals surface area contributed by atoms with Gasteiger partial charge < -0.3 is 14.8 Å². The molecule has 0 spiro atoms. The van der Waals surface area contributed by atoms with Gasteiger partial charge in [-0.1, -0.05) is 26.7 Å². The van der Waals surface area contributed by atoms with Crippen molar-refractivity contribution in [3.05, 3.63) is 21.3 Å². The molecule has 1 fully saturated rings. The summed E-state index contributed by atoms with van der Waals surface area (Å²) in [7, 11) is 3.18. The zero-order valence-electron chi connectivity index (χ0n) is 13.6. The van der Waals surface area contributed by atoms with Gasteiger partial charge in [-0.2, -0.15) is 0 Å². The second-order valence-electron chi connectivity index (χ2n) is 6.03. The highest BCUT2D eigenvalue weighted by atomic mass is 127. The molecule has 3 atom stereocenters. The SMILES string of the molecule is COc1cc(I)c(C(=O)NC2CCCC(C)C2C)cc1OC. The normalized spacial score (nSPS) is 24.7. The molecule has 0 bridgehead atoms. The molecule has 1 aromatic rings. The smallest absolute Gasteiger partial charge is 0.252 e. The van der Waals surface area contributed by atoms with Crippen molar-refractivity contribution in [2.75, 3.05) is 14.2 Å². The number of halogens is 1. The van der Waals surface area contributed by atoms with Gasteiger partial charge in [-0.05, 0) is 53.0 Å². The van der Waals surface area contributed by atoms with E-state index in [1.54, 1.807) is 20.3 Å². The number of rotatable bonds is 4. The molecule has 0 radical (unpaired) electrons. The maximum atomic E-state index is 12.6. The van der Waals surface area contributed by atoms with Gasteiger partial charge in [0.15, 0.2) is 11.5 Å². The van der Waals surface area contributed by atoms with E-state index in [4.69, 9.17) is 9.47 Å². The van der Waals surface area contributed by atoms with Crippen molar-refractivity contribution in [3.8, 4) is 11.5 Å². The highest BCUT2D eigenvalue weighted by Crippen LogP contribution is 2.33. The van der Waals surface area contributed by atoms with E-state index in [0.717, 1.165) is 9.99 Å². The van der Waals surface area contributed by atoms with Gasteiger partial charge in [-0.3, -0.25) is 4.79 Å². The van der Waals surface area contributed by atoms with Crippen LogP contribution in [0.15, 0.2) is 12.1 Å². The maximum Gasteiger partial charge on any atom is 0.252 e. The number of carbonyl (C=O) groups excluding carboxylic acids is 1.